The lowest BCUT2D eigenvalue weighted by molar-refractivity contribution is -0.134. The van der Waals surface area contributed by atoms with Crippen LogP contribution in [0.25, 0.3) is 0 Å². The number of nitrogens with two attached hydrogens (primary N) is 1. The predicted octanol–water partition coefficient (Wildman–Crippen LogP) is 1.21. The summed E-state index contributed by atoms with van der Waals surface area (Å²) in [7, 11) is 1.30. The van der Waals surface area contributed by atoms with Gasteiger partial charge < -0.3 is 15.9 Å². The first-order valence-electron chi connectivity index (χ1n) is 8.48. The maximum Gasteiger partial charge on any atom is 0.335 e. The highest BCUT2D eigenvalue weighted by molar-refractivity contribution is 6.29. The lowest BCUT2D eigenvalue weighted by atomic mass is 10.1. The Morgan fingerprint density at radius 2 is 1.70 bits per heavy atom. The molecule has 0 bridgehead atoms. The van der Waals surface area contributed by atoms with E-state index in [1.54, 1.807) is 30.5 Å². The van der Waals surface area contributed by atoms with Crippen molar-refractivity contribution < 1.29 is 24.6 Å². The zero-order valence-corrected chi connectivity index (χ0v) is 17.0. The summed E-state index contributed by atoms with van der Waals surface area (Å²) in [5, 5.41) is 18.0. The Bertz CT molecular complexity index is 968. The van der Waals surface area contributed by atoms with Gasteiger partial charge in [-0.3, -0.25) is 9.63 Å². The van der Waals surface area contributed by atoms with Gasteiger partial charge in [-0.2, -0.15) is 0 Å². The van der Waals surface area contributed by atoms with Crippen molar-refractivity contribution in [3.63, 3.8) is 0 Å². The van der Waals surface area contributed by atoms with Crippen molar-refractivity contribution >= 4 is 23.5 Å². The quantitative estimate of drug-likeness (QED) is 0.326. The topological polar surface area (TPSA) is 135 Å². The van der Waals surface area contributed by atoms with Gasteiger partial charge in [-0.25, -0.2) is 15.3 Å². The standard InChI is InChI=1S/C16H8ClNO2.C5H12N2O3/c17-15-10-7-13(11-18-15)4-2-1-3-12-5-8-14(9-6-12)16(19)20;1-3(8)4(6)5(9)7-10-2/h5-11H,(H,19,20);3-4,8H,6H2,1-2H3,(H,7,9)/t;3-,4-/m.0/s1. The Balaban J connectivity index is 0.000000382. The number of aliphatic hydroxyl groups is 1. The highest BCUT2D eigenvalue weighted by Gasteiger charge is 2.17. The van der Waals surface area contributed by atoms with E-state index in [1.807, 2.05) is 5.48 Å². The van der Waals surface area contributed by atoms with E-state index in [0.717, 1.165) is 5.56 Å². The molecular weight excluding hydrogens is 410 g/mol. The molecule has 0 aliphatic heterocycles. The number of hydrogen-bond acceptors (Lipinski definition) is 6. The number of halogens is 1. The van der Waals surface area contributed by atoms with Crippen LogP contribution in [-0.4, -0.2) is 46.3 Å². The van der Waals surface area contributed by atoms with Gasteiger partial charge >= 0.3 is 5.97 Å². The van der Waals surface area contributed by atoms with Crippen LogP contribution >= 0.6 is 11.6 Å². The smallest absolute Gasteiger partial charge is 0.335 e. The highest BCUT2D eigenvalue weighted by atomic mass is 35.5. The number of aromatic nitrogens is 1. The van der Waals surface area contributed by atoms with E-state index in [2.05, 4.69) is 33.5 Å². The van der Waals surface area contributed by atoms with Gasteiger partial charge in [-0.1, -0.05) is 23.4 Å². The number of pyridine rings is 1. The number of aromatic carboxylic acids is 1. The zero-order valence-electron chi connectivity index (χ0n) is 16.2. The molecule has 0 unspecified atom stereocenters. The summed E-state index contributed by atoms with van der Waals surface area (Å²) in [5.74, 6) is 9.56. The molecule has 156 valence electrons. The number of carboxylic acids is 1. The second-order valence-electron chi connectivity index (χ2n) is 5.69. The second-order valence-corrected chi connectivity index (χ2v) is 6.08. The van der Waals surface area contributed by atoms with Gasteiger partial charge in [0.2, 0.25) is 0 Å². The van der Waals surface area contributed by atoms with Crippen molar-refractivity contribution in [2.24, 2.45) is 5.73 Å². The van der Waals surface area contributed by atoms with Gasteiger partial charge in [0.15, 0.2) is 0 Å². The summed E-state index contributed by atoms with van der Waals surface area (Å²) in [6, 6.07) is 8.77. The Hall–Kier alpha value is -3.40. The van der Waals surface area contributed by atoms with Crippen LogP contribution in [0.5, 0.6) is 0 Å². The molecule has 0 aliphatic rings. The normalized spacial score (nSPS) is 11.2. The Kier molecular flexibility index (Phi) is 10.6. The summed E-state index contributed by atoms with van der Waals surface area (Å²) in [5.41, 5.74) is 8.87. The molecule has 1 aromatic heterocycles. The van der Waals surface area contributed by atoms with E-state index in [4.69, 9.17) is 27.5 Å². The minimum atomic E-state index is -0.959. The summed E-state index contributed by atoms with van der Waals surface area (Å²) in [6.45, 7) is 1.43. The third kappa shape index (κ3) is 9.20. The van der Waals surface area contributed by atoms with Crippen molar-refractivity contribution in [1.82, 2.24) is 10.5 Å². The number of nitrogens with zero attached hydrogens (tertiary/aromatic N) is 1. The molecule has 0 fully saturated rings. The Morgan fingerprint density at radius 3 is 2.17 bits per heavy atom. The average molecular weight is 430 g/mol. The SMILES string of the molecule is CONC(=O)[C@@H](N)[C@H](C)O.O=C(O)c1ccc(C#CC#Cc2ccc(Cl)nc2)cc1. The molecule has 1 heterocycles. The van der Waals surface area contributed by atoms with Crippen LogP contribution in [0.15, 0.2) is 42.6 Å². The van der Waals surface area contributed by atoms with Gasteiger partial charge in [-0.05, 0) is 55.2 Å². The maximum atomic E-state index is 10.7. The number of benzene rings is 1. The van der Waals surface area contributed by atoms with E-state index in [-0.39, 0.29) is 5.56 Å². The summed E-state index contributed by atoms with van der Waals surface area (Å²) in [6.07, 6.45) is 0.703. The minimum Gasteiger partial charge on any atom is -0.478 e. The third-order valence-corrected chi connectivity index (χ3v) is 3.58. The largest absolute Gasteiger partial charge is 0.478 e. The molecule has 0 aliphatic carbocycles. The van der Waals surface area contributed by atoms with E-state index in [9.17, 15) is 9.59 Å². The van der Waals surface area contributed by atoms with Crippen molar-refractivity contribution in [1.29, 1.82) is 0 Å². The van der Waals surface area contributed by atoms with Gasteiger partial charge in [0.1, 0.15) is 11.2 Å². The van der Waals surface area contributed by atoms with Gasteiger partial charge in [0, 0.05) is 17.3 Å². The van der Waals surface area contributed by atoms with Gasteiger partial charge in [0.25, 0.3) is 5.91 Å². The lowest BCUT2D eigenvalue weighted by Crippen LogP contribution is -2.46. The van der Waals surface area contributed by atoms with Crippen LogP contribution in [0.2, 0.25) is 5.15 Å². The number of carboxylic acid groups (broad SMARTS) is 1. The van der Waals surface area contributed by atoms with Crippen LogP contribution in [-0.2, 0) is 9.63 Å². The molecule has 9 heteroatoms. The van der Waals surface area contributed by atoms with Crippen molar-refractivity contribution in [3.05, 3.63) is 64.4 Å². The van der Waals surface area contributed by atoms with Crippen LogP contribution in [0.4, 0.5) is 0 Å². The molecule has 0 spiro atoms. The molecule has 2 aromatic rings. The fourth-order valence-corrected chi connectivity index (χ4v) is 1.85. The van der Waals surface area contributed by atoms with Crippen LogP contribution < -0.4 is 11.2 Å². The Labute approximate surface area is 179 Å². The molecule has 0 saturated heterocycles. The summed E-state index contributed by atoms with van der Waals surface area (Å²) < 4.78 is 0. The van der Waals surface area contributed by atoms with Crippen molar-refractivity contribution in [3.8, 4) is 23.7 Å². The van der Waals surface area contributed by atoms with E-state index in [1.165, 1.54) is 26.2 Å². The number of hydroxylamine groups is 1. The zero-order chi connectivity index (χ0) is 22.5. The molecule has 2 atom stereocenters. The molecular formula is C21H20ClN3O5. The minimum absolute atomic E-state index is 0.230. The second kappa shape index (κ2) is 12.9. The van der Waals surface area contributed by atoms with Crippen molar-refractivity contribution in [2.75, 3.05) is 7.11 Å². The molecule has 0 saturated carbocycles. The fraction of sp³-hybridized carbons (Fsp3) is 0.190. The monoisotopic (exact) mass is 429 g/mol. The maximum absolute atomic E-state index is 10.7. The molecule has 5 N–H and O–H groups in total. The van der Waals surface area contributed by atoms with E-state index < -0.39 is 24.0 Å². The molecule has 0 radical (unpaired) electrons. The van der Waals surface area contributed by atoms with Crippen LogP contribution in [0.1, 0.15) is 28.4 Å². The van der Waals surface area contributed by atoms with E-state index >= 15 is 0 Å². The lowest BCUT2D eigenvalue weighted by Gasteiger charge is -2.12. The van der Waals surface area contributed by atoms with Crippen LogP contribution in [0.3, 0.4) is 0 Å². The first-order valence-corrected chi connectivity index (χ1v) is 8.85. The first-order chi connectivity index (χ1) is 14.2. The van der Waals surface area contributed by atoms with Gasteiger partial charge in [0.05, 0.1) is 18.8 Å². The number of amides is 1. The molecule has 1 amide bonds. The molecule has 2 rings (SSSR count). The fourth-order valence-electron chi connectivity index (χ4n) is 1.74. The first kappa shape index (κ1) is 24.6. The molecule has 8 nitrogen and oxygen atoms in total. The number of aliphatic hydroxyl groups excluding tert-OH is 1. The predicted molar refractivity (Wildman–Crippen MR) is 111 cm³/mol. The van der Waals surface area contributed by atoms with E-state index in [0.29, 0.717) is 10.7 Å². The molecule has 1 aromatic carbocycles. The van der Waals surface area contributed by atoms with Gasteiger partial charge in [-0.15, -0.1) is 0 Å². The highest BCUT2D eigenvalue weighted by Crippen LogP contribution is 2.04. The van der Waals surface area contributed by atoms with Crippen molar-refractivity contribution in [2.45, 2.75) is 19.1 Å². The number of rotatable bonds is 4. The number of carbonyl (C=O) groups is 2. The summed E-state index contributed by atoms with van der Waals surface area (Å²) in [4.78, 5) is 29.5. The average Bonchev–Trinajstić information content (AvgIpc) is 2.73. The number of carbonyl (C=O) groups excluding carboxylic acids is 1. The third-order valence-electron chi connectivity index (χ3n) is 3.36. The van der Waals surface area contributed by atoms with Crippen LogP contribution in [0, 0.1) is 23.7 Å². The number of nitrogens with one attached hydrogen (secondary N) is 1. The number of hydrogen-bond donors (Lipinski definition) is 4. The summed E-state index contributed by atoms with van der Waals surface area (Å²) >= 11 is 5.66. The molecule has 30 heavy (non-hydrogen) atoms. The Morgan fingerprint density at radius 1 is 1.13 bits per heavy atom.